The summed E-state index contributed by atoms with van der Waals surface area (Å²) in [6, 6.07) is 35.3. The van der Waals surface area contributed by atoms with Gasteiger partial charge in [-0.1, -0.05) is 31.2 Å². The van der Waals surface area contributed by atoms with Crippen molar-refractivity contribution in [3.8, 4) is 0 Å². The molecule has 8 aromatic heterocycles. The van der Waals surface area contributed by atoms with Crippen LogP contribution in [0, 0.1) is 51.0 Å². The molecule has 10 aliphatic rings. The fraction of sp³-hybridized carbons (Fsp3) is 0.515. The van der Waals surface area contributed by atoms with E-state index in [4.69, 9.17) is 19.9 Å². The standard InChI is InChI=1S/2C25H31FN6.C25H33FN6.C24H31FN6/c1-16-13-17(26)14-27-23(16)19-6-2-8-21(28-19)25-29-20-7-3-9-22(24(20)30-25)32-12-11-31-10-4-5-18(31)15-32;1-16-14-17(26)15-27-23(16)19-4-2-6-21(28-19)25-29-20-5-3-7-22(24(20)30-25)32-12-10-31(11-13-32)18-8-9-18;1-16(2)31-10-12-32(13-11-31)22-9-5-7-20-24(22)30-25(29-20)21-8-4-6-19(28-21)23-17(3)14-18(26)15-27-23;1-3-30-10-12-31(13-11-30)21-9-5-7-19-23(21)29-24(28-19)20-8-4-6-18(27-20)22-16(2)14-17(25)15-26-22/h3,7,9,13-14,18-19,21,28H,2,4-6,8,10-12,15H2,1H3,(H,29,30);3,5,7,14-15,18-19,21,28H,2,4,6,8-13H2,1H3,(H,29,30);5,7,9,14-16,19,21,28H,4,6,8,10-13H2,1-3H3,(H,29,30);5,7,9,14-15,18,20,27H,3-4,6,8,10-13H2,1-2H3,(H,28,29)/t18?,19-,21+;2*19-,21+;18-,20+/m0000/s1. The summed E-state index contributed by atoms with van der Waals surface area (Å²) in [7, 11) is 0. The number of aromatic nitrogens is 12. The Hall–Kier alpha value is -10.0. The first-order valence-electron chi connectivity index (χ1n) is 47.3. The lowest BCUT2D eigenvalue weighted by Gasteiger charge is -2.38. The maximum atomic E-state index is 13.5. The second kappa shape index (κ2) is 38.3. The van der Waals surface area contributed by atoms with Crippen LogP contribution in [0.15, 0.2) is 122 Å². The number of anilines is 4. The topological polar surface area (TPSA) is 240 Å². The normalized spacial score (nSPS) is 24.3. The van der Waals surface area contributed by atoms with E-state index in [1.807, 2.05) is 27.7 Å². The first-order valence-corrected chi connectivity index (χ1v) is 47.3. The smallest absolute Gasteiger partial charge is 0.141 e. The summed E-state index contributed by atoms with van der Waals surface area (Å²) in [5.74, 6) is 2.85. The van der Waals surface area contributed by atoms with Gasteiger partial charge in [0.25, 0.3) is 0 Å². The van der Waals surface area contributed by atoms with Gasteiger partial charge in [0.15, 0.2) is 0 Å². The number of hydrogen-bond acceptors (Lipinski definition) is 20. The number of aromatic amines is 4. The predicted octanol–water partition coefficient (Wildman–Crippen LogP) is 17.1. The van der Waals surface area contributed by atoms with Crippen LogP contribution in [-0.2, 0) is 0 Å². The Morgan fingerprint density at radius 3 is 0.945 bits per heavy atom. The lowest BCUT2D eigenvalue weighted by atomic mass is 9.94. The molecule has 670 valence electrons. The fourth-order valence-corrected chi connectivity index (χ4v) is 21.7. The van der Waals surface area contributed by atoms with Crippen molar-refractivity contribution in [3.05, 3.63) is 213 Å². The highest BCUT2D eigenvalue weighted by Gasteiger charge is 2.38. The lowest BCUT2D eigenvalue weighted by molar-refractivity contribution is 0.209. The molecule has 1 saturated carbocycles. The van der Waals surface area contributed by atoms with Gasteiger partial charge in [0.2, 0.25) is 0 Å². The molecule has 0 amide bonds. The largest absolute Gasteiger partial charge is 0.367 e. The minimum absolute atomic E-state index is 0.117. The Morgan fingerprint density at radius 1 is 0.331 bits per heavy atom. The van der Waals surface area contributed by atoms with Crippen LogP contribution >= 0.6 is 0 Å². The van der Waals surface area contributed by atoms with Gasteiger partial charge in [-0.25, -0.2) is 37.5 Å². The number of piperidine rings is 4. The minimum Gasteiger partial charge on any atom is -0.367 e. The molecule has 4 aromatic carbocycles. The molecule has 127 heavy (non-hydrogen) atoms. The first-order chi connectivity index (χ1) is 61.9. The van der Waals surface area contributed by atoms with Gasteiger partial charge in [-0.15, -0.1) is 0 Å². The van der Waals surface area contributed by atoms with Gasteiger partial charge >= 0.3 is 0 Å². The van der Waals surface area contributed by atoms with Crippen molar-refractivity contribution in [2.45, 2.75) is 218 Å². The highest BCUT2D eigenvalue weighted by atomic mass is 19.1. The molecule has 9 aliphatic heterocycles. The number of fused-ring (bicyclic) bond motifs is 5. The molecule has 0 bridgehead atoms. The van der Waals surface area contributed by atoms with Crippen molar-refractivity contribution in [3.63, 3.8) is 0 Å². The maximum Gasteiger partial charge on any atom is 0.141 e. The van der Waals surface area contributed by atoms with Crippen LogP contribution < -0.4 is 40.9 Å². The number of likely N-dealkylation sites (N-methyl/N-ethyl adjacent to an activating group) is 1. The van der Waals surface area contributed by atoms with Gasteiger partial charge in [-0.05, 0) is 252 Å². The molecule has 9 saturated heterocycles. The number of halogens is 4. The van der Waals surface area contributed by atoms with E-state index in [0.717, 1.165) is 300 Å². The number of aryl methyl sites for hydroxylation is 4. The summed E-state index contributed by atoms with van der Waals surface area (Å²) < 4.78 is 54.1. The highest BCUT2D eigenvalue weighted by Crippen LogP contribution is 2.42. The number of imidazole rings is 4. The lowest BCUT2D eigenvalue weighted by Crippen LogP contribution is -2.50. The summed E-state index contributed by atoms with van der Waals surface area (Å²) in [6.45, 7) is 33.1. The van der Waals surface area contributed by atoms with Gasteiger partial charge in [0.1, 0.15) is 68.6 Å². The molecular formula is C99H126F4N24. The Balaban J connectivity index is 0.000000110. The average molecular weight is 1730 g/mol. The Bertz CT molecular complexity index is 5610. The van der Waals surface area contributed by atoms with Crippen LogP contribution in [0.25, 0.3) is 44.1 Å². The third-order valence-electron chi connectivity index (χ3n) is 28.8. The molecule has 0 radical (unpaired) electrons. The number of piperazine rings is 4. The van der Waals surface area contributed by atoms with Crippen molar-refractivity contribution < 1.29 is 17.6 Å². The molecule has 10 fully saturated rings. The third kappa shape index (κ3) is 19.2. The van der Waals surface area contributed by atoms with Gasteiger partial charge < -0.3 is 44.4 Å². The first kappa shape index (κ1) is 86.3. The highest BCUT2D eigenvalue weighted by molar-refractivity contribution is 5.92. The third-order valence-corrected chi connectivity index (χ3v) is 28.8. The number of hydrogen-bond donors (Lipinski definition) is 8. The monoisotopic (exact) mass is 1730 g/mol. The second-order valence-electron chi connectivity index (χ2n) is 37.5. The summed E-state index contributed by atoms with van der Waals surface area (Å²) in [5.41, 5.74) is 21.0. The summed E-state index contributed by atoms with van der Waals surface area (Å²) in [4.78, 5) is 72.5. The van der Waals surface area contributed by atoms with Crippen LogP contribution in [0.2, 0.25) is 0 Å². The van der Waals surface area contributed by atoms with Crippen molar-refractivity contribution in [2.75, 3.05) is 131 Å². The predicted molar refractivity (Wildman–Crippen MR) is 497 cm³/mol. The summed E-state index contributed by atoms with van der Waals surface area (Å²) >= 11 is 0. The number of rotatable bonds is 15. The molecule has 1 aliphatic carbocycles. The zero-order valence-electron chi connectivity index (χ0n) is 74.9. The van der Waals surface area contributed by atoms with Crippen molar-refractivity contribution in [2.24, 2.45) is 0 Å². The molecule has 9 atom stereocenters. The minimum atomic E-state index is -0.280. The zero-order chi connectivity index (χ0) is 86.9. The Morgan fingerprint density at radius 2 is 0.630 bits per heavy atom. The molecule has 28 heteroatoms. The number of pyridine rings is 4. The van der Waals surface area contributed by atoms with Crippen LogP contribution in [0.4, 0.5) is 40.3 Å². The second-order valence-corrected chi connectivity index (χ2v) is 37.5. The SMILES string of the molecule is CCN1CCN(c2cccc3[nH]c([C@H]4CCC[C@@H](c5ncc(F)cc5C)N4)nc23)CC1.Cc1cc(F)cnc1[C@@H]1CCC[C@H](c2nc3c(N4CCN(C(C)C)CC4)cccc3[nH]2)N1.Cc1cc(F)cnc1[C@@H]1CCC[C@H](c2nc3c(N4CCN(C5CC5)CC4)cccc3[nH]2)N1.Cc1cc(F)cnc1[C@@H]1CCC[C@H](c2nc3c(N4CCN5CCCC5C4)cccc3[nH]2)N1. The summed E-state index contributed by atoms with van der Waals surface area (Å²) in [6.07, 6.45) is 23.2. The van der Waals surface area contributed by atoms with E-state index in [2.05, 4.69) is 194 Å². The molecular weight excluding hydrogens is 1600 g/mol. The zero-order valence-corrected chi connectivity index (χ0v) is 74.9. The molecule has 8 N–H and O–H groups in total. The van der Waals surface area contributed by atoms with Crippen LogP contribution in [0.5, 0.6) is 0 Å². The number of benzene rings is 4. The molecule has 22 rings (SSSR count). The van der Waals surface area contributed by atoms with E-state index in [1.165, 1.54) is 79.8 Å². The Labute approximate surface area is 743 Å². The summed E-state index contributed by atoms with van der Waals surface area (Å²) in [5, 5.41) is 14.9. The van der Waals surface area contributed by atoms with E-state index in [9.17, 15) is 17.6 Å². The van der Waals surface area contributed by atoms with E-state index in [1.54, 1.807) is 24.3 Å². The van der Waals surface area contributed by atoms with Crippen molar-refractivity contribution >= 4 is 66.9 Å². The van der Waals surface area contributed by atoms with Crippen LogP contribution in [0.1, 0.15) is 240 Å². The number of nitrogens with one attached hydrogen (secondary N) is 8. The van der Waals surface area contributed by atoms with Gasteiger partial charge in [-0.2, -0.15) is 0 Å². The Kier molecular flexibility index (Phi) is 26.1. The molecule has 24 nitrogen and oxygen atoms in total. The quantitative estimate of drug-likeness (QED) is 0.0445. The van der Waals surface area contributed by atoms with Crippen molar-refractivity contribution in [1.29, 1.82) is 0 Å². The van der Waals surface area contributed by atoms with Gasteiger partial charge in [-0.3, -0.25) is 55.9 Å². The maximum absolute atomic E-state index is 13.5. The number of H-pyrrole nitrogens is 4. The fourth-order valence-electron chi connectivity index (χ4n) is 21.7. The van der Waals surface area contributed by atoms with Gasteiger partial charge in [0.05, 0.1) is 141 Å². The average Bonchev–Trinajstić information content (AvgIpc) is 1.63. The van der Waals surface area contributed by atoms with Gasteiger partial charge in [0, 0.05) is 116 Å². The van der Waals surface area contributed by atoms with Crippen molar-refractivity contribution in [1.82, 2.24) is 101 Å². The van der Waals surface area contributed by atoms with Crippen LogP contribution in [0.3, 0.4) is 0 Å². The van der Waals surface area contributed by atoms with E-state index in [0.29, 0.717) is 12.1 Å². The van der Waals surface area contributed by atoms with E-state index in [-0.39, 0.29) is 71.6 Å². The number of para-hydroxylation sites is 4. The molecule has 0 spiro atoms. The molecule has 1 unspecified atom stereocenters. The van der Waals surface area contributed by atoms with E-state index >= 15 is 0 Å². The molecule has 12 aromatic rings. The van der Waals surface area contributed by atoms with E-state index < -0.39 is 0 Å². The molecule has 17 heterocycles. The van der Waals surface area contributed by atoms with Crippen LogP contribution in [-0.4, -0.2) is 209 Å². The number of nitrogens with zero attached hydrogens (tertiary/aromatic N) is 16.